The molecule has 7 aromatic rings. The number of rotatable bonds is 26. The van der Waals surface area contributed by atoms with E-state index in [2.05, 4.69) is 46.0 Å². The molecule has 82 heavy (non-hydrogen) atoms. The average molecular weight is 1200 g/mol. The zero-order valence-electron chi connectivity index (χ0n) is 42.9. The van der Waals surface area contributed by atoms with Crippen LogP contribution in [0.3, 0.4) is 0 Å². The van der Waals surface area contributed by atoms with Crippen molar-refractivity contribution in [3.8, 4) is 51.8 Å². The van der Waals surface area contributed by atoms with Gasteiger partial charge in [-0.3, -0.25) is 13.7 Å². The molecule has 0 saturated heterocycles. The van der Waals surface area contributed by atoms with E-state index < -0.39 is 88.8 Å². The number of hydrogen-bond donors (Lipinski definition) is 9. The first-order valence-corrected chi connectivity index (χ1v) is 27.7. The van der Waals surface area contributed by atoms with Gasteiger partial charge in [-0.05, 0) is 60.8 Å². The van der Waals surface area contributed by atoms with Crippen LogP contribution in [0.4, 0.5) is 45.5 Å². The first-order valence-electron chi connectivity index (χ1n) is 23.4. The summed E-state index contributed by atoms with van der Waals surface area (Å²) in [6, 6.07) is 16.8. The lowest BCUT2D eigenvalue weighted by molar-refractivity contribution is 0.198. The average Bonchev–Trinajstić information content (AvgIpc) is 3.88. The molecule has 1 aromatic heterocycles. The number of methoxy groups -OCH3 is 2. The van der Waals surface area contributed by atoms with Gasteiger partial charge in [0.05, 0.1) is 52.0 Å². The number of azo groups is 4. The van der Waals surface area contributed by atoms with Crippen molar-refractivity contribution >= 4 is 86.6 Å². The molecule has 0 amide bonds. The van der Waals surface area contributed by atoms with Crippen molar-refractivity contribution in [2.75, 3.05) is 67.1 Å². The summed E-state index contributed by atoms with van der Waals surface area (Å²) in [6.45, 7) is -1.77. The second kappa shape index (κ2) is 26.2. The smallest absolute Gasteiger partial charge is 0.296 e. The highest BCUT2D eigenvalue weighted by Gasteiger charge is 2.26. The molecule has 31 nitrogen and oxygen atoms in total. The van der Waals surface area contributed by atoms with Gasteiger partial charge in [-0.2, -0.15) is 35.0 Å². The largest absolute Gasteiger partial charge is 0.505 e. The topological polar surface area (TPSA) is 457 Å². The lowest BCUT2D eigenvalue weighted by Gasteiger charge is -2.13. The number of aromatic hydroxyl groups is 2. The molecule has 0 unspecified atom stereocenters. The quantitative estimate of drug-likeness (QED) is 0.0186. The third-order valence-electron chi connectivity index (χ3n) is 11.0. The van der Waals surface area contributed by atoms with Crippen LogP contribution < -0.4 is 28.4 Å². The Labute approximate surface area is 464 Å². The number of benzene rings is 6. The van der Waals surface area contributed by atoms with Crippen LogP contribution in [0.25, 0.3) is 16.5 Å². The van der Waals surface area contributed by atoms with Gasteiger partial charge in [0.15, 0.2) is 11.4 Å². The van der Waals surface area contributed by atoms with Crippen molar-refractivity contribution in [1.82, 2.24) is 9.78 Å². The Bertz CT molecular complexity index is 4010. The first-order chi connectivity index (χ1) is 39.0. The third kappa shape index (κ3) is 14.4. The van der Waals surface area contributed by atoms with E-state index in [9.17, 15) is 69.6 Å². The number of phenolic OH excluding ortho intramolecular Hbond substituents is 1. The standard InChI is InChI=1S/C48H48N10O21S3/c1-26-45(55-53-36-24-38(76-14-10-59)34(22-40(36)78-16-12-61)51-49-32-8-5-29(74-2)20-42(32)80(65,66)67)48(64)58(57-26)28-4-7-31-27(18-28)19-44(82(71,72)73)46(47(31)63)56-54-37-25-39(77-15-11-60)35(23-41(37)79-17-13-62)52-50-33-9-6-30(75-3)21-43(33)81(68,69)70/h4-9,18-25,59-64H,10-17H2,1-3H3,(H,65,66,67)(H,68,69,70)(H,71,72,73)/b51-49+,52-50+,55-53+,56-54+. The molecule has 0 spiro atoms. The summed E-state index contributed by atoms with van der Waals surface area (Å²) in [4.78, 5) is -2.25. The van der Waals surface area contributed by atoms with Crippen LogP contribution in [0.15, 0.2) is 141 Å². The van der Waals surface area contributed by atoms with Gasteiger partial charge in [-0.25, -0.2) is 0 Å². The molecule has 0 aliphatic carbocycles. The van der Waals surface area contributed by atoms with Crippen molar-refractivity contribution in [3.05, 3.63) is 90.6 Å². The van der Waals surface area contributed by atoms with Gasteiger partial charge in [-0.1, -0.05) is 0 Å². The predicted octanol–water partition coefficient (Wildman–Crippen LogP) is 7.65. The van der Waals surface area contributed by atoms with Crippen molar-refractivity contribution in [2.24, 2.45) is 40.9 Å². The molecular formula is C48H48N10O21S3. The van der Waals surface area contributed by atoms with Crippen LogP contribution in [0, 0.1) is 6.92 Å². The van der Waals surface area contributed by atoms with Gasteiger partial charge in [0.25, 0.3) is 30.4 Å². The molecule has 434 valence electrons. The van der Waals surface area contributed by atoms with Crippen LogP contribution in [-0.4, -0.2) is 146 Å². The summed E-state index contributed by atoms with van der Waals surface area (Å²) in [7, 11) is -12.4. The Hall–Kier alpha value is -8.84. The SMILES string of the molecule is COc1ccc(/N=N/c2cc(OCCO)c(/N=N/c3c(S(=O)(=O)O)cc4cc(-n5nc(C)c(/N=N/c6cc(OCCO)c(/N=N/c7ccc(OC)cc7S(=O)(=O)O)cc6OCCO)c5O)ccc4c3O)cc2OCCO)c(S(=O)(=O)O)c1. The van der Waals surface area contributed by atoms with Gasteiger partial charge in [0.1, 0.15) is 115 Å². The zero-order valence-corrected chi connectivity index (χ0v) is 45.3. The fourth-order valence-corrected chi connectivity index (χ4v) is 9.22. The van der Waals surface area contributed by atoms with E-state index in [4.69, 9.17) is 28.4 Å². The van der Waals surface area contributed by atoms with Crippen LogP contribution >= 0.6 is 0 Å². The molecule has 0 aliphatic heterocycles. The number of aliphatic hydroxyl groups is 4. The van der Waals surface area contributed by atoms with Gasteiger partial charge in [0.2, 0.25) is 5.88 Å². The van der Waals surface area contributed by atoms with E-state index in [0.29, 0.717) is 0 Å². The molecule has 0 atom stereocenters. The highest BCUT2D eigenvalue weighted by molar-refractivity contribution is 7.86. The minimum Gasteiger partial charge on any atom is -0.505 e. The Morgan fingerprint density at radius 1 is 0.463 bits per heavy atom. The Morgan fingerprint density at radius 2 is 0.841 bits per heavy atom. The predicted molar refractivity (Wildman–Crippen MR) is 284 cm³/mol. The third-order valence-corrected chi connectivity index (χ3v) is 13.6. The number of aliphatic hydroxyl groups excluding tert-OH is 4. The highest BCUT2D eigenvalue weighted by atomic mass is 32.2. The monoisotopic (exact) mass is 1200 g/mol. The lowest BCUT2D eigenvalue weighted by atomic mass is 10.1. The molecular weight excluding hydrogens is 1150 g/mol. The van der Waals surface area contributed by atoms with E-state index in [1.165, 1.54) is 75.7 Å². The number of fused-ring (bicyclic) bond motifs is 1. The molecule has 0 fully saturated rings. The van der Waals surface area contributed by atoms with Crippen molar-refractivity contribution < 1.29 is 98.0 Å². The summed E-state index contributed by atoms with van der Waals surface area (Å²) in [5, 5.41) is 98.2. The Kier molecular flexibility index (Phi) is 19.4. The second-order valence-corrected chi connectivity index (χ2v) is 20.6. The minimum absolute atomic E-state index is 0.0489. The Morgan fingerprint density at radius 3 is 1.22 bits per heavy atom. The maximum Gasteiger partial charge on any atom is 0.296 e. The van der Waals surface area contributed by atoms with Gasteiger partial charge >= 0.3 is 0 Å². The number of ether oxygens (including phenoxy) is 6. The number of aryl methyl sites for hydroxylation is 1. The summed E-state index contributed by atoms with van der Waals surface area (Å²) >= 11 is 0. The molecule has 6 aromatic carbocycles. The molecule has 1 heterocycles. The summed E-state index contributed by atoms with van der Waals surface area (Å²) in [6.07, 6.45) is 0. The number of phenols is 1. The van der Waals surface area contributed by atoms with E-state index in [1.54, 1.807) is 0 Å². The number of nitrogens with zero attached hydrogens (tertiary/aromatic N) is 10. The van der Waals surface area contributed by atoms with Crippen LogP contribution in [0.1, 0.15) is 5.69 Å². The van der Waals surface area contributed by atoms with Crippen LogP contribution in [0.2, 0.25) is 0 Å². The van der Waals surface area contributed by atoms with E-state index in [-0.39, 0.29) is 123 Å². The lowest BCUT2D eigenvalue weighted by Crippen LogP contribution is -2.04. The first kappa shape index (κ1) is 60.8. The zero-order chi connectivity index (χ0) is 59.5. The van der Waals surface area contributed by atoms with Gasteiger partial charge in [0, 0.05) is 41.8 Å². The summed E-state index contributed by atoms with van der Waals surface area (Å²) in [5.41, 5.74) is -2.10. The molecule has 7 rings (SSSR count). The number of hydrogen-bond acceptors (Lipinski definition) is 27. The molecule has 9 N–H and O–H groups in total. The van der Waals surface area contributed by atoms with Crippen molar-refractivity contribution in [2.45, 2.75) is 21.6 Å². The molecule has 0 aliphatic rings. The second-order valence-electron chi connectivity index (χ2n) is 16.4. The molecule has 0 saturated carbocycles. The van der Waals surface area contributed by atoms with E-state index in [1.807, 2.05) is 0 Å². The minimum atomic E-state index is -5.24. The fourth-order valence-electron chi connectivity index (χ4n) is 7.29. The molecule has 34 heteroatoms. The molecule has 0 radical (unpaired) electrons. The fraction of sp³-hybridized carbons (Fsp3) is 0.229. The van der Waals surface area contributed by atoms with E-state index in [0.717, 1.165) is 35.0 Å². The van der Waals surface area contributed by atoms with E-state index >= 15 is 0 Å². The van der Waals surface area contributed by atoms with Crippen molar-refractivity contribution in [1.29, 1.82) is 0 Å². The maximum absolute atomic E-state index is 13.0. The van der Waals surface area contributed by atoms with Gasteiger partial charge in [-0.15, -0.1) is 40.9 Å². The summed E-state index contributed by atoms with van der Waals surface area (Å²) in [5.74, 6) is -1.85. The van der Waals surface area contributed by atoms with Crippen molar-refractivity contribution in [3.63, 3.8) is 0 Å². The maximum atomic E-state index is 13.0. The molecule has 0 bridgehead atoms. The highest BCUT2D eigenvalue weighted by Crippen LogP contribution is 2.47. The summed E-state index contributed by atoms with van der Waals surface area (Å²) < 4.78 is 138. The van der Waals surface area contributed by atoms with Gasteiger partial charge < -0.3 is 59.1 Å². The Balaban J connectivity index is 1.25. The normalized spacial score (nSPS) is 12.4. The van der Waals surface area contributed by atoms with Crippen LogP contribution in [-0.2, 0) is 30.4 Å². The van der Waals surface area contributed by atoms with Crippen LogP contribution in [0.5, 0.6) is 46.1 Å². The number of aromatic nitrogens is 2.